The highest BCUT2D eigenvalue weighted by atomic mass is 32.2. The average Bonchev–Trinajstić information content (AvgIpc) is 2.15. The lowest BCUT2D eigenvalue weighted by Gasteiger charge is -2.41. The first-order valence-corrected chi connectivity index (χ1v) is 6.48. The molecule has 1 atom stereocenters. The largest absolute Gasteiger partial charge is 0.384 e. The Kier molecular flexibility index (Phi) is 2.97. The van der Waals surface area contributed by atoms with Crippen LogP contribution < -0.4 is 0 Å². The Labute approximate surface area is 99.3 Å². The molecule has 2 nitrogen and oxygen atoms in total. The van der Waals surface area contributed by atoms with Crippen molar-refractivity contribution in [2.75, 3.05) is 11.5 Å². The number of aromatic nitrogens is 1. The number of nitrogens with zero attached hydrogens (tertiary/aromatic N) is 1. The third-order valence-corrected chi connectivity index (χ3v) is 4.51. The molecule has 0 spiro atoms. The van der Waals surface area contributed by atoms with Crippen LogP contribution in [0, 0.1) is 11.2 Å². The molecule has 0 aliphatic carbocycles. The van der Waals surface area contributed by atoms with Crippen LogP contribution >= 0.6 is 11.8 Å². The second kappa shape index (κ2) is 4.00. The van der Waals surface area contributed by atoms with Crippen LogP contribution in [-0.2, 0) is 5.60 Å². The van der Waals surface area contributed by atoms with Gasteiger partial charge in [0, 0.05) is 17.5 Å². The summed E-state index contributed by atoms with van der Waals surface area (Å²) in [5, 5.41) is 10.6. The van der Waals surface area contributed by atoms with Crippen LogP contribution in [0.25, 0.3) is 0 Å². The number of hydrogen-bond acceptors (Lipinski definition) is 3. The fourth-order valence-electron chi connectivity index (χ4n) is 2.24. The van der Waals surface area contributed by atoms with Crippen molar-refractivity contribution in [1.29, 1.82) is 0 Å². The maximum Gasteiger partial charge on any atom is 0.141 e. The predicted octanol–water partition coefficient (Wildman–Crippen LogP) is 2.57. The average molecular weight is 241 g/mol. The van der Waals surface area contributed by atoms with Crippen molar-refractivity contribution in [3.8, 4) is 0 Å². The zero-order valence-corrected chi connectivity index (χ0v) is 10.4. The van der Waals surface area contributed by atoms with Crippen molar-refractivity contribution >= 4 is 11.8 Å². The van der Waals surface area contributed by atoms with E-state index in [1.807, 2.05) is 0 Å². The van der Waals surface area contributed by atoms with Gasteiger partial charge in [0.25, 0.3) is 0 Å². The summed E-state index contributed by atoms with van der Waals surface area (Å²) >= 11 is 1.71. The van der Waals surface area contributed by atoms with Crippen LogP contribution in [0.1, 0.15) is 25.8 Å². The Bertz CT molecular complexity index is 396. The van der Waals surface area contributed by atoms with Gasteiger partial charge in [0.15, 0.2) is 0 Å². The first kappa shape index (κ1) is 11.9. The van der Waals surface area contributed by atoms with Crippen molar-refractivity contribution in [2.45, 2.75) is 25.9 Å². The molecule has 1 N–H and O–H groups in total. The summed E-state index contributed by atoms with van der Waals surface area (Å²) in [5.74, 6) is 1.25. The molecule has 1 unspecified atom stereocenters. The van der Waals surface area contributed by atoms with Gasteiger partial charge in [-0.2, -0.15) is 11.8 Å². The molecule has 0 radical (unpaired) electrons. The zero-order valence-electron chi connectivity index (χ0n) is 9.53. The van der Waals surface area contributed by atoms with Gasteiger partial charge in [-0.1, -0.05) is 13.8 Å². The second-order valence-corrected chi connectivity index (χ2v) is 6.24. The van der Waals surface area contributed by atoms with Crippen LogP contribution in [0.4, 0.5) is 4.39 Å². The molecule has 1 saturated heterocycles. The quantitative estimate of drug-likeness (QED) is 0.820. The first-order chi connectivity index (χ1) is 7.41. The lowest BCUT2D eigenvalue weighted by Crippen LogP contribution is -2.40. The molecule has 2 rings (SSSR count). The number of thioether (sulfide) groups is 1. The SMILES string of the molecule is CC1(C)CSCC(O)(c2cncc(F)c2)C1. The highest BCUT2D eigenvalue weighted by Gasteiger charge is 2.40. The maximum absolute atomic E-state index is 13.1. The summed E-state index contributed by atoms with van der Waals surface area (Å²) in [7, 11) is 0. The van der Waals surface area contributed by atoms with E-state index in [-0.39, 0.29) is 11.2 Å². The standard InChI is InChI=1S/C12H16FNOS/c1-11(2)6-12(15,8-16-7-11)9-3-10(13)5-14-4-9/h3-5,15H,6-8H2,1-2H3. The lowest BCUT2D eigenvalue weighted by molar-refractivity contribution is 0.0150. The fourth-order valence-corrected chi connectivity index (χ4v) is 3.60. The van der Waals surface area contributed by atoms with Gasteiger partial charge in [-0.3, -0.25) is 4.98 Å². The molecule has 1 aromatic rings. The topological polar surface area (TPSA) is 33.1 Å². The Hall–Kier alpha value is -0.610. The molecule has 1 aliphatic heterocycles. The molecule has 0 saturated carbocycles. The molecule has 0 aromatic carbocycles. The Morgan fingerprint density at radius 2 is 2.12 bits per heavy atom. The summed E-state index contributed by atoms with van der Waals surface area (Å²) in [4.78, 5) is 3.81. The van der Waals surface area contributed by atoms with Gasteiger partial charge in [0.2, 0.25) is 0 Å². The van der Waals surface area contributed by atoms with E-state index in [2.05, 4.69) is 18.8 Å². The van der Waals surface area contributed by atoms with Gasteiger partial charge in [-0.15, -0.1) is 0 Å². The van der Waals surface area contributed by atoms with Crippen molar-refractivity contribution in [3.63, 3.8) is 0 Å². The summed E-state index contributed by atoms with van der Waals surface area (Å²) in [6, 6.07) is 1.38. The van der Waals surface area contributed by atoms with Gasteiger partial charge in [-0.05, 0) is 23.7 Å². The Morgan fingerprint density at radius 1 is 1.38 bits per heavy atom. The van der Waals surface area contributed by atoms with Crippen LogP contribution in [0.5, 0.6) is 0 Å². The van der Waals surface area contributed by atoms with E-state index < -0.39 is 5.60 Å². The van der Waals surface area contributed by atoms with E-state index in [4.69, 9.17) is 0 Å². The minimum absolute atomic E-state index is 0.0734. The van der Waals surface area contributed by atoms with E-state index in [0.29, 0.717) is 17.7 Å². The minimum Gasteiger partial charge on any atom is -0.384 e. The zero-order chi connectivity index (χ0) is 11.8. The molecule has 0 amide bonds. The Morgan fingerprint density at radius 3 is 2.75 bits per heavy atom. The third-order valence-electron chi connectivity index (χ3n) is 2.85. The van der Waals surface area contributed by atoms with Crippen molar-refractivity contribution in [1.82, 2.24) is 4.98 Å². The van der Waals surface area contributed by atoms with E-state index in [9.17, 15) is 9.50 Å². The van der Waals surface area contributed by atoms with E-state index in [1.54, 1.807) is 18.0 Å². The summed E-state index contributed by atoms with van der Waals surface area (Å²) in [5.41, 5.74) is -0.279. The van der Waals surface area contributed by atoms with Crippen molar-refractivity contribution in [2.24, 2.45) is 5.41 Å². The number of hydrogen-bond donors (Lipinski definition) is 1. The van der Waals surface area contributed by atoms with Gasteiger partial charge in [0.1, 0.15) is 11.4 Å². The second-order valence-electron chi connectivity index (χ2n) is 5.26. The molecule has 0 bridgehead atoms. The normalized spacial score (nSPS) is 29.0. The van der Waals surface area contributed by atoms with Gasteiger partial charge >= 0.3 is 0 Å². The third kappa shape index (κ3) is 2.38. The number of rotatable bonds is 1. The molecule has 4 heteroatoms. The molecule has 88 valence electrons. The Balaban J connectivity index is 2.31. The number of halogens is 1. The molecule has 1 fully saturated rings. The summed E-state index contributed by atoms with van der Waals surface area (Å²) in [6.45, 7) is 4.24. The highest BCUT2D eigenvalue weighted by Crippen LogP contribution is 2.44. The van der Waals surface area contributed by atoms with Crippen LogP contribution in [0.2, 0.25) is 0 Å². The minimum atomic E-state index is -0.943. The van der Waals surface area contributed by atoms with Gasteiger partial charge in [0.05, 0.1) is 6.20 Å². The molecular weight excluding hydrogens is 225 g/mol. The van der Waals surface area contributed by atoms with E-state index in [0.717, 1.165) is 11.9 Å². The molecule has 1 aliphatic rings. The number of pyridine rings is 1. The predicted molar refractivity (Wildman–Crippen MR) is 63.8 cm³/mol. The van der Waals surface area contributed by atoms with E-state index >= 15 is 0 Å². The van der Waals surface area contributed by atoms with Crippen LogP contribution in [-0.4, -0.2) is 21.6 Å². The van der Waals surface area contributed by atoms with Crippen LogP contribution in [0.3, 0.4) is 0 Å². The highest BCUT2D eigenvalue weighted by molar-refractivity contribution is 7.99. The summed E-state index contributed by atoms with van der Waals surface area (Å²) < 4.78 is 13.1. The van der Waals surface area contributed by atoms with Gasteiger partial charge in [-0.25, -0.2) is 4.39 Å². The van der Waals surface area contributed by atoms with E-state index in [1.165, 1.54) is 6.07 Å². The summed E-state index contributed by atoms with van der Waals surface area (Å²) in [6.07, 6.45) is 3.37. The first-order valence-electron chi connectivity index (χ1n) is 5.33. The molecule has 1 aromatic heterocycles. The molecule has 16 heavy (non-hydrogen) atoms. The molecule has 2 heterocycles. The maximum atomic E-state index is 13.1. The lowest BCUT2D eigenvalue weighted by atomic mass is 9.79. The number of aliphatic hydroxyl groups is 1. The van der Waals surface area contributed by atoms with Gasteiger partial charge < -0.3 is 5.11 Å². The monoisotopic (exact) mass is 241 g/mol. The van der Waals surface area contributed by atoms with Crippen molar-refractivity contribution < 1.29 is 9.50 Å². The fraction of sp³-hybridized carbons (Fsp3) is 0.583. The van der Waals surface area contributed by atoms with Crippen LogP contribution in [0.15, 0.2) is 18.5 Å². The van der Waals surface area contributed by atoms with Crippen molar-refractivity contribution in [3.05, 3.63) is 29.8 Å². The smallest absolute Gasteiger partial charge is 0.141 e. The molecular formula is C12H16FNOS.